The van der Waals surface area contributed by atoms with Crippen molar-refractivity contribution in [2.45, 2.75) is 12.7 Å². The monoisotopic (exact) mass is 398 g/mol. The van der Waals surface area contributed by atoms with Crippen LogP contribution in [0.15, 0.2) is 42.5 Å². The van der Waals surface area contributed by atoms with Gasteiger partial charge in [0.15, 0.2) is 5.11 Å². The van der Waals surface area contributed by atoms with Crippen molar-refractivity contribution in [3.05, 3.63) is 58.9 Å². The number of thiocarbonyl (C=S) groups is 1. The lowest BCUT2D eigenvalue weighted by atomic mass is 10.2. The molecule has 0 spiro atoms. The van der Waals surface area contributed by atoms with Crippen LogP contribution in [0.4, 0.5) is 10.1 Å². The first kappa shape index (κ1) is 19.8. The number of anilines is 1. The van der Waals surface area contributed by atoms with Gasteiger partial charge >= 0.3 is 0 Å². The summed E-state index contributed by atoms with van der Waals surface area (Å²) < 4.78 is 19.2. The normalized spacial score (nSPS) is 10.4. The summed E-state index contributed by atoms with van der Waals surface area (Å²) in [5, 5.41) is 7.25. The number of hydrogen-bond donors (Lipinski definition) is 2. The Morgan fingerprint density at radius 2 is 2.04 bits per heavy atom. The second-order valence-corrected chi connectivity index (χ2v) is 6.98. The number of thioether (sulfide) groups is 1. The first-order valence-corrected chi connectivity index (χ1v) is 9.83. The molecule has 0 radical (unpaired) electrons. The predicted octanol–water partition coefficient (Wildman–Crippen LogP) is 5.10. The van der Waals surface area contributed by atoms with Crippen molar-refractivity contribution < 1.29 is 9.13 Å². The van der Waals surface area contributed by atoms with Gasteiger partial charge in [-0.05, 0) is 43.4 Å². The van der Waals surface area contributed by atoms with Crippen LogP contribution in [-0.2, 0) is 5.75 Å². The molecule has 2 aromatic carbocycles. The first-order chi connectivity index (χ1) is 12.1. The number of nitrogens with one attached hydrogen (secondary N) is 2. The molecule has 0 atom stereocenters. The second-order valence-electron chi connectivity index (χ2n) is 5.06. The van der Waals surface area contributed by atoms with Gasteiger partial charge in [-0.15, -0.1) is 0 Å². The maximum absolute atomic E-state index is 13.7. The Hall–Kier alpha value is -1.50. The van der Waals surface area contributed by atoms with Crippen LogP contribution in [0.25, 0.3) is 0 Å². The van der Waals surface area contributed by atoms with Crippen molar-refractivity contribution >= 4 is 46.4 Å². The highest BCUT2D eigenvalue weighted by molar-refractivity contribution is 7.98. The van der Waals surface area contributed by atoms with Crippen LogP contribution in [0.1, 0.15) is 12.5 Å². The summed E-state index contributed by atoms with van der Waals surface area (Å²) in [6.07, 6.45) is 0. The van der Waals surface area contributed by atoms with E-state index in [1.165, 1.54) is 6.07 Å². The van der Waals surface area contributed by atoms with Crippen LogP contribution < -0.4 is 15.4 Å². The molecule has 0 unspecified atom stereocenters. The van der Waals surface area contributed by atoms with E-state index in [-0.39, 0.29) is 5.82 Å². The Labute approximate surface area is 162 Å². The third-order valence-corrected chi connectivity index (χ3v) is 4.86. The summed E-state index contributed by atoms with van der Waals surface area (Å²) in [7, 11) is 0. The smallest absolute Gasteiger partial charge is 0.170 e. The third-order valence-electron chi connectivity index (χ3n) is 3.28. The molecule has 0 saturated heterocycles. The fourth-order valence-corrected chi connectivity index (χ4v) is 3.51. The highest BCUT2D eigenvalue weighted by atomic mass is 35.5. The van der Waals surface area contributed by atoms with E-state index in [9.17, 15) is 4.39 Å². The molecule has 0 saturated carbocycles. The summed E-state index contributed by atoms with van der Waals surface area (Å²) in [5.74, 6) is 1.80. The number of halogens is 2. The minimum Gasteiger partial charge on any atom is -0.492 e. The molecule has 0 aliphatic heterocycles. The van der Waals surface area contributed by atoms with E-state index in [2.05, 4.69) is 10.6 Å². The third kappa shape index (κ3) is 6.38. The van der Waals surface area contributed by atoms with Crippen molar-refractivity contribution in [1.82, 2.24) is 5.32 Å². The van der Waals surface area contributed by atoms with Crippen LogP contribution in [0, 0.1) is 5.82 Å². The second kappa shape index (κ2) is 10.5. The topological polar surface area (TPSA) is 33.3 Å². The number of para-hydroxylation sites is 2. The largest absolute Gasteiger partial charge is 0.492 e. The summed E-state index contributed by atoms with van der Waals surface area (Å²) in [6, 6.07) is 12.4. The lowest BCUT2D eigenvalue weighted by molar-refractivity contribution is 0.342. The molecule has 2 N–H and O–H groups in total. The Morgan fingerprint density at radius 1 is 1.24 bits per heavy atom. The maximum atomic E-state index is 13.7. The lowest BCUT2D eigenvalue weighted by Crippen LogP contribution is -2.30. The van der Waals surface area contributed by atoms with Gasteiger partial charge in [-0.1, -0.05) is 29.8 Å². The van der Waals surface area contributed by atoms with Crippen molar-refractivity contribution in [2.24, 2.45) is 0 Å². The van der Waals surface area contributed by atoms with Gasteiger partial charge in [0.25, 0.3) is 0 Å². The van der Waals surface area contributed by atoms with Crippen LogP contribution in [-0.4, -0.2) is 24.0 Å². The van der Waals surface area contributed by atoms with E-state index in [1.807, 2.05) is 31.2 Å². The highest BCUT2D eigenvalue weighted by Crippen LogP contribution is 2.24. The SMILES string of the molecule is CCOc1ccccc1NC(=S)NCCSCc1c(F)cccc1Cl. The fourth-order valence-electron chi connectivity index (χ4n) is 2.10. The van der Waals surface area contributed by atoms with Gasteiger partial charge < -0.3 is 15.4 Å². The van der Waals surface area contributed by atoms with Crippen molar-refractivity contribution in [3.63, 3.8) is 0 Å². The van der Waals surface area contributed by atoms with Gasteiger partial charge in [0.2, 0.25) is 0 Å². The van der Waals surface area contributed by atoms with E-state index < -0.39 is 0 Å². The Kier molecular flexibility index (Phi) is 8.31. The molecule has 0 fully saturated rings. The molecule has 0 heterocycles. The van der Waals surface area contributed by atoms with E-state index in [1.54, 1.807) is 23.9 Å². The molecule has 2 rings (SSSR count). The maximum Gasteiger partial charge on any atom is 0.170 e. The predicted molar refractivity (Wildman–Crippen MR) is 109 cm³/mol. The summed E-state index contributed by atoms with van der Waals surface area (Å²) in [4.78, 5) is 0. The number of benzene rings is 2. The van der Waals surface area contributed by atoms with Gasteiger partial charge in [-0.25, -0.2) is 4.39 Å². The minimum absolute atomic E-state index is 0.266. The fraction of sp³-hybridized carbons (Fsp3) is 0.278. The van der Waals surface area contributed by atoms with Crippen LogP contribution in [0.3, 0.4) is 0 Å². The number of hydrogen-bond acceptors (Lipinski definition) is 3. The molecule has 0 bridgehead atoms. The van der Waals surface area contributed by atoms with E-state index in [0.717, 1.165) is 17.2 Å². The van der Waals surface area contributed by atoms with Gasteiger partial charge in [-0.3, -0.25) is 0 Å². The molecule has 0 aliphatic rings. The lowest BCUT2D eigenvalue weighted by Gasteiger charge is -2.14. The van der Waals surface area contributed by atoms with Gasteiger partial charge in [0.1, 0.15) is 11.6 Å². The Balaban J connectivity index is 1.72. The van der Waals surface area contributed by atoms with Crippen molar-refractivity contribution in [2.75, 3.05) is 24.2 Å². The van der Waals surface area contributed by atoms with E-state index >= 15 is 0 Å². The molecule has 134 valence electrons. The van der Waals surface area contributed by atoms with Crippen LogP contribution in [0.5, 0.6) is 5.75 Å². The molecular formula is C18H20ClFN2OS2. The molecule has 0 aromatic heterocycles. The Morgan fingerprint density at radius 3 is 2.80 bits per heavy atom. The first-order valence-electron chi connectivity index (χ1n) is 7.89. The van der Waals surface area contributed by atoms with Gasteiger partial charge in [0.05, 0.1) is 12.3 Å². The molecule has 2 aromatic rings. The summed E-state index contributed by atoms with van der Waals surface area (Å²) in [6.45, 7) is 3.19. The Bertz CT molecular complexity index is 695. The zero-order chi connectivity index (χ0) is 18.1. The number of rotatable bonds is 8. The quantitative estimate of drug-likeness (QED) is 0.477. The summed E-state index contributed by atoms with van der Waals surface area (Å²) in [5.41, 5.74) is 1.37. The molecule has 25 heavy (non-hydrogen) atoms. The summed E-state index contributed by atoms with van der Waals surface area (Å²) >= 11 is 12.9. The highest BCUT2D eigenvalue weighted by Gasteiger charge is 2.07. The van der Waals surface area contributed by atoms with E-state index in [4.69, 9.17) is 28.6 Å². The minimum atomic E-state index is -0.266. The van der Waals surface area contributed by atoms with Crippen LogP contribution in [0.2, 0.25) is 5.02 Å². The molecular weight excluding hydrogens is 379 g/mol. The van der Waals surface area contributed by atoms with Gasteiger partial charge in [-0.2, -0.15) is 11.8 Å². The molecule has 0 aliphatic carbocycles. The number of ether oxygens (including phenoxy) is 1. The van der Waals surface area contributed by atoms with Crippen LogP contribution >= 0.6 is 35.6 Å². The zero-order valence-corrected chi connectivity index (χ0v) is 16.2. The molecule has 7 heteroatoms. The van der Waals surface area contributed by atoms with Crippen molar-refractivity contribution in [3.8, 4) is 5.75 Å². The van der Waals surface area contributed by atoms with Crippen molar-refractivity contribution in [1.29, 1.82) is 0 Å². The standard InChI is InChI=1S/C18H20ClFN2OS2/c1-2-23-17-9-4-3-8-16(17)22-18(24)21-10-11-25-12-13-14(19)6-5-7-15(13)20/h3-9H,2,10-12H2,1H3,(H2,21,22,24). The molecule has 0 amide bonds. The average Bonchev–Trinajstić information content (AvgIpc) is 2.59. The van der Waals surface area contributed by atoms with E-state index in [0.29, 0.717) is 34.6 Å². The zero-order valence-electron chi connectivity index (χ0n) is 13.9. The molecule has 3 nitrogen and oxygen atoms in total. The average molecular weight is 399 g/mol. The van der Waals surface area contributed by atoms with Gasteiger partial charge in [0, 0.05) is 28.6 Å².